The van der Waals surface area contributed by atoms with Gasteiger partial charge in [-0.3, -0.25) is 0 Å². The third kappa shape index (κ3) is 8.35. The van der Waals surface area contributed by atoms with Crippen LogP contribution in [0.5, 0.6) is 0 Å². The van der Waals surface area contributed by atoms with Gasteiger partial charge in [-0.05, 0) is 140 Å². The van der Waals surface area contributed by atoms with E-state index in [9.17, 15) is 0 Å². The third-order valence-corrected chi connectivity index (χ3v) is 19.0. The Balaban J connectivity index is 0.931. The Morgan fingerprint density at radius 3 is 0.978 bits per heavy atom. The number of para-hydroxylation sites is 2. The fraction of sp³-hybridized carbons (Fsp3) is 0.0930. The highest BCUT2D eigenvalue weighted by atomic mass is 15.2. The molecule has 0 bridgehead atoms. The summed E-state index contributed by atoms with van der Waals surface area (Å²) >= 11 is 0. The van der Waals surface area contributed by atoms with Crippen LogP contribution in [0.25, 0.3) is 121 Å². The molecule has 17 rings (SSSR count). The zero-order chi connectivity index (χ0) is 60.6. The van der Waals surface area contributed by atoms with E-state index in [1.165, 1.54) is 132 Å². The van der Waals surface area contributed by atoms with Gasteiger partial charge in [-0.1, -0.05) is 248 Å². The van der Waals surface area contributed by atoms with Gasteiger partial charge in [-0.15, -0.1) is 0 Å². The molecule has 17 aromatic rings. The number of fused-ring (bicyclic) bond motifs is 12. The molecule has 4 aromatic heterocycles. The fourth-order valence-corrected chi connectivity index (χ4v) is 14.7. The summed E-state index contributed by atoms with van der Waals surface area (Å²) in [6.07, 6.45) is 0. The van der Waals surface area contributed by atoms with Crippen molar-refractivity contribution in [2.24, 2.45) is 0 Å². The minimum atomic E-state index is -0.0595. The van der Waals surface area contributed by atoms with Crippen molar-refractivity contribution in [1.82, 2.24) is 8.80 Å². The van der Waals surface area contributed by atoms with E-state index in [0.29, 0.717) is 0 Å². The summed E-state index contributed by atoms with van der Waals surface area (Å²) in [5, 5.41) is 9.81. The van der Waals surface area contributed by atoms with E-state index in [1.54, 1.807) is 0 Å². The molecule has 0 amide bonds. The molecule has 0 spiro atoms. The lowest BCUT2D eigenvalue weighted by Gasteiger charge is -2.31. The molecular formula is C86H66N4. The maximum atomic E-state index is 2.57. The van der Waals surface area contributed by atoms with Crippen molar-refractivity contribution in [3.63, 3.8) is 0 Å². The Bertz CT molecular complexity index is 5260. The lowest BCUT2D eigenvalue weighted by molar-refractivity contribution is 0.590. The van der Waals surface area contributed by atoms with Crippen molar-refractivity contribution in [3.05, 3.63) is 302 Å². The van der Waals surface area contributed by atoms with Crippen LogP contribution in [0.2, 0.25) is 0 Å². The first-order valence-corrected chi connectivity index (χ1v) is 31.6. The smallest absolute Gasteiger partial charge is 0.0641 e. The van der Waals surface area contributed by atoms with Crippen molar-refractivity contribution in [1.29, 1.82) is 0 Å². The Labute approximate surface area is 525 Å². The van der Waals surface area contributed by atoms with Gasteiger partial charge in [0.05, 0.1) is 55.8 Å². The van der Waals surface area contributed by atoms with Crippen molar-refractivity contribution in [3.8, 4) is 44.5 Å². The second-order valence-corrected chi connectivity index (χ2v) is 26.5. The van der Waals surface area contributed by atoms with Gasteiger partial charge in [0, 0.05) is 65.6 Å². The average molecular weight is 1160 g/mol. The first kappa shape index (κ1) is 53.3. The number of anilines is 6. The monoisotopic (exact) mass is 1150 g/mol. The molecule has 4 heterocycles. The number of hydrogen-bond donors (Lipinski definition) is 0. The first-order chi connectivity index (χ1) is 43.9. The highest BCUT2D eigenvalue weighted by Crippen LogP contribution is 2.54. The zero-order valence-corrected chi connectivity index (χ0v) is 51.5. The van der Waals surface area contributed by atoms with Gasteiger partial charge in [0.25, 0.3) is 0 Å². The number of aromatic nitrogens is 2. The molecule has 90 heavy (non-hydrogen) atoms. The number of rotatable bonds is 10. The summed E-state index contributed by atoms with van der Waals surface area (Å²) in [6, 6.07) is 109. The van der Waals surface area contributed by atoms with E-state index < -0.39 is 0 Å². The molecule has 0 fully saturated rings. The topological polar surface area (TPSA) is 15.3 Å². The lowest BCUT2D eigenvalue weighted by atomic mass is 9.84. The minimum absolute atomic E-state index is 0.0595. The van der Waals surface area contributed by atoms with Gasteiger partial charge < -0.3 is 18.6 Å². The average Bonchev–Trinajstić information content (AvgIpc) is 1.52. The van der Waals surface area contributed by atoms with Gasteiger partial charge in [0.15, 0.2) is 0 Å². The van der Waals surface area contributed by atoms with Crippen LogP contribution in [0.15, 0.2) is 291 Å². The highest BCUT2D eigenvalue weighted by molar-refractivity contribution is 6.32. The van der Waals surface area contributed by atoms with Gasteiger partial charge in [-0.2, -0.15) is 0 Å². The quantitative estimate of drug-likeness (QED) is 0.136. The normalized spacial score (nSPS) is 12.3. The molecule has 0 radical (unpaired) electrons. The minimum Gasteiger partial charge on any atom is -0.309 e. The van der Waals surface area contributed by atoms with Crippen LogP contribution < -0.4 is 9.80 Å². The first-order valence-electron chi connectivity index (χ1n) is 31.6. The van der Waals surface area contributed by atoms with Crippen LogP contribution in [0.1, 0.15) is 52.7 Å². The molecule has 4 heteroatoms. The number of hydrogen-bond acceptors (Lipinski definition) is 2. The largest absolute Gasteiger partial charge is 0.309 e. The molecule has 0 aliphatic heterocycles. The molecule has 0 aliphatic rings. The predicted molar refractivity (Wildman–Crippen MR) is 384 cm³/mol. The molecule has 13 aromatic carbocycles. The van der Waals surface area contributed by atoms with Crippen LogP contribution in [-0.2, 0) is 10.8 Å². The van der Waals surface area contributed by atoms with Crippen molar-refractivity contribution in [2.45, 2.75) is 52.4 Å². The summed E-state index contributed by atoms with van der Waals surface area (Å²) in [5.74, 6) is 0. The van der Waals surface area contributed by atoms with E-state index in [4.69, 9.17) is 0 Å². The van der Waals surface area contributed by atoms with Gasteiger partial charge in [0.1, 0.15) is 0 Å². The maximum Gasteiger partial charge on any atom is 0.0641 e. The summed E-state index contributed by atoms with van der Waals surface area (Å²) in [4.78, 5) is 5.08. The molecule has 0 N–H and O–H groups in total. The van der Waals surface area contributed by atoms with Crippen molar-refractivity contribution in [2.75, 3.05) is 9.80 Å². The second kappa shape index (κ2) is 20.3. The summed E-state index contributed by atoms with van der Waals surface area (Å²) in [6.45, 7) is 13.9. The third-order valence-electron chi connectivity index (χ3n) is 19.0. The molecule has 0 unspecified atom stereocenters. The van der Waals surface area contributed by atoms with E-state index in [-0.39, 0.29) is 10.8 Å². The molecular weight excluding hydrogens is 1090 g/mol. The van der Waals surface area contributed by atoms with Gasteiger partial charge in [-0.25, -0.2) is 0 Å². The van der Waals surface area contributed by atoms with Crippen LogP contribution in [0, 0.1) is 0 Å². The van der Waals surface area contributed by atoms with Crippen LogP contribution >= 0.6 is 0 Å². The highest BCUT2D eigenvalue weighted by Gasteiger charge is 2.31. The van der Waals surface area contributed by atoms with E-state index in [1.807, 2.05) is 0 Å². The number of nitrogens with zero attached hydrogens (tertiary/aromatic N) is 4. The Hall–Kier alpha value is -10.9. The van der Waals surface area contributed by atoms with E-state index in [0.717, 1.165) is 34.1 Å². The van der Waals surface area contributed by atoms with Crippen LogP contribution in [0.3, 0.4) is 0 Å². The van der Waals surface area contributed by atoms with E-state index in [2.05, 4.69) is 351 Å². The predicted octanol–water partition coefficient (Wildman–Crippen LogP) is 24.2. The van der Waals surface area contributed by atoms with E-state index >= 15 is 0 Å². The van der Waals surface area contributed by atoms with Crippen molar-refractivity contribution < 1.29 is 0 Å². The van der Waals surface area contributed by atoms with Gasteiger partial charge in [0.2, 0.25) is 0 Å². The summed E-state index contributed by atoms with van der Waals surface area (Å²) in [5.41, 5.74) is 25.8. The SMILES string of the molecule is CC(C)(C)c1ccc(N(c2cccc(-c3ccccc3)c2)c2ccc3c4cc5c(cc4n4c6ccccc6c2c34)c2ccc(N(c3cccc(-c4ccccc4)c3)c3ccc(C(C)(C)C)cc3-c3ccccc3)c3c4ccccc4n5c23)c(-c2ccccc2)c1. The molecule has 0 atom stereocenters. The molecule has 0 saturated heterocycles. The number of benzene rings is 13. The Morgan fingerprint density at radius 1 is 0.244 bits per heavy atom. The fourth-order valence-electron chi connectivity index (χ4n) is 14.7. The second-order valence-electron chi connectivity index (χ2n) is 26.5. The molecule has 0 aliphatic carbocycles. The zero-order valence-electron chi connectivity index (χ0n) is 51.5. The lowest BCUT2D eigenvalue weighted by Crippen LogP contribution is -2.15. The summed E-state index contributed by atoms with van der Waals surface area (Å²) in [7, 11) is 0. The Morgan fingerprint density at radius 2 is 0.589 bits per heavy atom. The molecule has 4 nitrogen and oxygen atoms in total. The maximum absolute atomic E-state index is 2.57. The summed E-state index contributed by atoms with van der Waals surface area (Å²) < 4.78 is 5.15. The van der Waals surface area contributed by atoms with Crippen LogP contribution in [0.4, 0.5) is 34.1 Å². The standard InChI is InChI=1S/C86H66N4/c1-85(2,3)61-41-45-75(69(51-61)57-29-15-9-16-30-57)87(63-35-23-33-59(49-63)55-25-11-7-12-26-55)77-47-43-65-71-53-80-72(54-79(71)89-73-39-21-19-37-67(73)81(77)83(65)89)66-44-48-78(82-68-38-20-22-40-74(68)90(80)84(66)82)88(64-36-24-34-60(50-64)56-27-13-8-14-28-56)76-46-42-62(86(4,5)6)52-70(76)58-31-17-10-18-32-58/h7-54H,1-6H3. The Kier molecular flexibility index (Phi) is 12.0. The van der Waals surface area contributed by atoms with Gasteiger partial charge >= 0.3 is 0 Å². The van der Waals surface area contributed by atoms with Crippen molar-refractivity contribution >= 4 is 110 Å². The van der Waals surface area contributed by atoms with Crippen LogP contribution in [-0.4, -0.2) is 8.80 Å². The molecule has 0 saturated carbocycles. The molecule has 430 valence electrons.